The van der Waals surface area contributed by atoms with Crippen molar-refractivity contribution in [2.75, 3.05) is 5.32 Å². The summed E-state index contributed by atoms with van der Waals surface area (Å²) in [6.07, 6.45) is 1.73. The summed E-state index contributed by atoms with van der Waals surface area (Å²) in [4.78, 5) is 28.0. The molecule has 0 bridgehead atoms. The molecular weight excluding hydrogens is 422 g/mol. The number of H-pyrrole nitrogens is 1. The maximum absolute atomic E-state index is 12.5. The van der Waals surface area contributed by atoms with Crippen LogP contribution in [0.2, 0.25) is 0 Å². The van der Waals surface area contributed by atoms with Crippen molar-refractivity contribution in [3.63, 3.8) is 0 Å². The monoisotopic (exact) mass is 439 g/mol. The van der Waals surface area contributed by atoms with Gasteiger partial charge in [0, 0.05) is 16.6 Å². The van der Waals surface area contributed by atoms with Gasteiger partial charge in [-0.1, -0.05) is 46.3 Å². The number of amides is 2. The highest BCUT2D eigenvalue weighted by atomic mass is 79.9. The summed E-state index contributed by atoms with van der Waals surface area (Å²) in [7, 11) is 0. The first-order chi connectivity index (χ1) is 13.6. The van der Waals surface area contributed by atoms with Crippen molar-refractivity contribution in [2.45, 2.75) is 25.3 Å². The Balaban J connectivity index is 1.42. The number of halogens is 1. The van der Waals surface area contributed by atoms with Crippen LogP contribution in [0.15, 0.2) is 53.0 Å². The maximum atomic E-state index is 12.5. The second-order valence-corrected chi connectivity index (χ2v) is 7.55. The van der Waals surface area contributed by atoms with Crippen LogP contribution in [-0.2, 0) is 17.6 Å². The van der Waals surface area contributed by atoms with E-state index in [1.165, 1.54) is 0 Å². The van der Waals surface area contributed by atoms with Crippen LogP contribution in [0.1, 0.15) is 34.0 Å². The van der Waals surface area contributed by atoms with Gasteiger partial charge < -0.3 is 15.6 Å². The van der Waals surface area contributed by atoms with Crippen LogP contribution in [0.25, 0.3) is 0 Å². The van der Waals surface area contributed by atoms with Gasteiger partial charge in [-0.2, -0.15) is 0 Å². The van der Waals surface area contributed by atoms with Gasteiger partial charge in [0.1, 0.15) is 11.9 Å². The van der Waals surface area contributed by atoms with Crippen molar-refractivity contribution in [1.82, 2.24) is 20.5 Å². The van der Waals surface area contributed by atoms with Crippen LogP contribution < -0.4 is 10.6 Å². The Morgan fingerprint density at radius 1 is 1.18 bits per heavy atom. The predicted octanol–water partition coefficient (Wildman–Crippen LogP) is 2.84. The lowest BCUT2D eigenvalue weighted by atomic mass is 10.1. The Kier molecular flexibility index (Phi) is 5.21. The highest BCUT2D eigenvalue weighted by molar-refractivity contribution is 9.10. The van der Waals surface area contributed by atoms with Crippen LogP contribution in [-0.4, -0.2) is 33.0 Å². The summed E-state index contributed by atoms with van der Waals surface area (Å²) >= 11 is 3.44. The molecule has 1 aliphatic rings. The van der Waals surface area contributed by atoms with Gasteiger partial charge in [0.25, 0.3) is 5.91 Å². The fourth-order valence-corrected chi connectivity index (χ4v) is 3.58. The zero-order valence-corrected chi connectivity index (χ0v) is 16.5. The zero-order chi connectivity index (χ0) is 19.5. The number of anilines is 1. The van der Waals surface area contributed by atoms with E-state index in [-0.39, 0.29) is 11.7 Å². The van der Waals surface area contributed by atoms with E-state index in [1.807, 2.05) is 48.5 Å². The Labute approximate surface area is 170 Å². The molecule has 142 valence electrons. The SMILES string of the molecule is O=C(N[C@H]1CCc2cc(Br)ccc2NC1=O)c1nnc(Cc2ccccc2)[nH]1. The lowest BCUT2D eigenvalue weighted by molar-refractivity contribution is -0.118. The normalized spacial score (nSPS) is 16.0. The summed E-state index contributed by atoms with van der Waals surface area (Å²) in [5, 5.41) is 13.6. The fraction of sp³-hybridized carbons (Fsp3) is 0.200. The van der Waals surface area contributed by atoms with Crippen molar-refractivity contribution in [2.24, 2.45) is 0 Å². The van der Waals surface area contributed by atoms with E-state index < -0.39 is 11.9 Å². The van der Waals surface area contributed by atoms with Crippen LogP contribution in [0.4, 0.5) is 5.69 Å². The minimum atomic E-state index is -0.638. The molecule has 1 aromatic heterocycles. The first-order valence-electron chi connectivity index (χ1n) is 8.94. The molecule has 2 aromatic carbocycles. The standard InChI is InChI=1S/C20H18BrN5O2/c21-14-7-9-15-13(11-14)6-8-16(19(27)22-15)23-20(28)18-24-17(25-26-18)10-12-4-2-1-3-5-12/h1-5,7,9,11,16H,6,8,10H2,(H,22,27)(H,23,28)(H,24,25,26)/t16-/m0/s1. The second-order valence-electron chi connectivity index (χ2n) is 6.64. The van der Waals surface area contributed by atoms with Crippen molar-refractivity contribution in [1.29, 1.82) is 0 Å². The van der Waals surface area contributed by atoms with Crippen molar-refractivity contribution in [3.8, 4) is 0 Å². The Hall–Kier alpha value is -3.00. The highest BCUT2D eigenvalue weighted by Gasteiger charge is 2.26. The number of fused-ring (bicyclic) bond motifs is 1. The molecule has 2 amide bonds. The largest absolute Gasteiger partial charge is 0.337 e. The van der Waals surface area contributed by atoms with E-state index >= 15 is 0 Å². The quantitative estimate of drug-likeness (QED) is 0.581. The average Bonchev–Trinajstić information content (AvgIpc) is 3.10. The number of hydrogen-bond acceptors (Lipinski definition) is 4. The molecule has 3 N–H and O–H groups in total. The number of nitrogens with one attached hydrogen (secondary N) is 3. The van der Waals surface area contributed by atoms with Crippen molar-refractivity contribution in [3.05, 3.63) is 75.8 Å². The molecule has 0 unspecified atom stereocenters. The van der Waals surface area contributed by atoms with Gasteiger partial charge in [-0.15, -0.1) is 10.2 Å². The molecule has 1 aliphatic heterocycles. The number of hydrogen-bond donors (Lipinski definition) is 3. The van der Waals surface area contributed by atoms with Gasteiger partial charge in [-0.3, -0.25) is 9.59 Å². The molecule has 0 saturated carbocycles. The molecule has 0 radical (unpaired) electrons. The third-order valence-electron chi connectivity index (χ3n) is 4.61. The van der Waals surface area contributed by atoms with Gasteiger partial charge in [-0.25, -0.2) is 0 Å². The third-order valence-corrected chi connectivity index (χ3v) is 5.11. The maximum Gasteiger partial charge on any atom is 0.289 e. The van der Waals surface area contributed by atoms with E-state index in [9.17, 15) is 9.59 Å². The molecule has 28 heavy (non-hydrogen) atoms. The first kappa shape index (κ1) is 18.4. The molecule has 1 atom stereocenters. The second kappa shape index (κ2) is 7.93. The number of aryl methyl sites for hydroxylation is 1. The number of rotatable bonds is 4. The predicted molar refractivity (Wildman–Crippen MR) is 108 cm³/mol. The van der Waals surface area contributed by atoms with E-state index in [4.69, 9.17) is 0 Å². The summed E-state index contributed by atoms with van der Waals surface area (Å²) in [5.74, 6) is 0.0136. The number of benzene rings is 2. The summed E-state index contributed by atoms with van der Waals surface area (Å²) in [5.41, 5.74) is 2.87. The fourth-order valence-electron chi connectivity index (χ4n) is 3.17. The Morgan fingerprint density at radius 3 is 2.82 bits per heavy atom. The minimum absolute atomic E-state index is 0.100. The first-order valence-corrected chi connectivity index (χ1v) is 9.73. The average molecular weight is 440 g/mol. The van der Waals surface area contributed by atoms with E-state index in [1.54, 1.807) is 0 Å². The van der Waals surface area contributed by atoms with Crippen LogP contribution in [0.5, 0.6) is 0 Å². The molecule has 0 aliphatic carbocycles. The molecule has 0 fully saturated rings. The van der Waals surface area contributed by atoms with Gasteiger partial charge in [0.05, 0.1) is 0 Å². The molecule has 7 nitrogen and oxygen atoms in total. The summed E-state index contributed by atoms with van der Waals surface area (Å²) in [6, 6.07) is 14.9. The molecule has 0 spiro atoms. The molecule has 8 heteroatoms. The molecular formula is C20H18BrN5O2. The number of carbonyl (C=O) groups excluding carboxylic acids is 2. The number of aromatic nitrogens is 3. The van der Waals surface area contributed by atoms with E-state index in [2.05, 4.69) is 41.7 Å². The highest BCUT2D eigenvalue weighted by Crippen LogP contribution is 2.25. The zero-order valence-electron chi connectivity index (χ0n) is 14.9. The molecule has 0 saturated heterocycles. The van der Waals surface area contributed by atoms with Gasteiger partial charge in [-0.05, 0) is 42.2 Å². The van der Waals surface area contributed by atoms with Gasteiger partial charge in [0.15, 0.2) is 0 Å². The van der Waals surface area contributed by atoms with Crippen LogP contribution in [0, 0.1) is 0 Å². The number of aromatic amines is 1. The van der Waals surface area contributed by atoms with Crippen molar-refractivity contribution >= 4 is 33.4 Å². The van der Waals surface area contributed by atoms with Gasteiger partial charge in [0.2, 0.25) is 11.7 Å². The van der Waals surface area contributed by atoms with E-state index in [0.717, 1.165) is 21.3 Å². The third kappa shape index (κ3) is 4.12. The van der Waals surface area contributed by atoms with Crippen molar-refractivity contribution < 1.29 is 9.59 Å². The topological polar surface area (TPSA) is 99.8 Å². The summed E-state index contributed by atoms with van der Waals surface area (Å²) < 4.78 is 0.954. The minimum Gasteiger partial charge on any atom is -0.337 e. The summed E-state index contributed by atoms with van der Waals surface area (Å²) in [6.45, 7) is 0. The smallest absolute Gasteiger partial charge is 0.289 e. The Bertz CT molecular complexity index is 1020. The molecule has 3 aromatic rings. The van der Waals surface area contributed by atoms with Crippen LogP contribution >= 0.6 is 15.9 Å². The van der Waals surface area contributed by atoms with Gasteiger partial charge >= 0.3 is 0 Å². The number of carbonyl (C=O) groups is 2. The van der Waals surface area contributed by atoms with E-state index in [0.29, 0.717) is 25.1 Å². The lowest BCUT2D eigenvalue weighted by Crippen LogP contribution is -2.43. The lowest BCUT2D eigenvalue weighted by Gasteiger charge is -2.14. The molecule has 2 heterocycles. The number of nitrogens with zero attached hydrogens (tertiary/aromatic N) is 2. The Morgan fingerprint density at radius 2 is 2.00 bits per heavy atom. The van der Waals surface area contributed by atoms with Crippen LogP contribution in [0.3, 0.4) is 0 Å². The molecule has 4 rings (SSSR count).